The molecule has 0 fully saturated rings. The third-order valence-electron chi connectivity index (χ3n) is 1.88. The van der Waals surface area contributed by atoms with Gasteiger partial charge in [-0.1, -0.05) is 23.7 Å². The highest BCUT2D eigenvalue weighted by atomic mass is 35.5. The van der Waals surface area contributed by atoms with Crippen LogP contribution in [0.15, 0.2) is 35.7 Å². The van der Waals surface area contributed by atoms with E-state index in [1.54, 1.807) is 11.3 Å². The van der Waals surface area contributed by atoms with E-state index in [1.165, 1.54) is 0 Å². The highest BCUT2D eigenvalue weighted by Crippen LogP contribution is 2.27. The summed E-state index contributed by atoms with van der Waals surface area (Å²) in [6.07, 6.45) is 0.857. The zero-order chi connectivity index (χ0) is 9.97. The lowest BCUT2D eigenvalue weighted by molar-refractivity contribution is 0.112. The van der Waals surface area contributed by atoms with Crippen LogP contribution in [-0.4, -0.2) is 6.29 Å². The van der Waals surface area contributed by atoms with Gasteiger partial charge in [0.2, 0.25) is 0 Å². The maximum absolute atomic E-state index is 10.5. The lowest BCUT2D eigenvalue weighted by Gasteiger charge is -1.95. The van der Waals surface area contributed by atoms with Crippen LogP contribution in [0.1, 0.15) is 10.4 Å². The topological polar surface area (TPSA) is 17.1 Å². The van der Waals surface area contributed by atoms with Gasteiger partial charge in [-0.25, -0.2) is 0 Å². The second-order valence-electron chi connectivity index (χ2n) is 2.87. The molecule has 3 heteroatoms. The van der Waals surface area contributed by atoms with Crippen molar-refractivity contribution in [3.8, 4) is 10.4 Å². The van der Waals surface area contributed by atoms with Crippen molar-refractivity contribution >= 4 is 29.2 Å². The van der Waals surface area contributed by atoms with Gasteiger partial charge in [0.1, 0.15) is 0 Å². The first-order chi connectivity index (χ1) is 6.79. The Morgan fingerprint density at radius 3 is 2.50 bits per heavy atom. The number of thiophene rings is 1. The van der Waals surface area contributed by atoms with Crippen molar-refractivity contribution in [2.24, 2.45) is 0 Å². The van der Waals surface area contributed by atoms with Crippen LogP contribution < -0.4 is 0 Å². The summed E-state index contributed by atoms with van der Waals surface area (Å²) >= 11 is 7.34. The van der Waals surface area contributed by atoms with E-state index in [0.29, 0.717) is 0 Å². The van der Waals surface area contributed by atoms with Crippen LogP contribution in [0.2, 0.25) is 5.02 Å². The second-order valence-corrected chi connectivity index (χ2v) is 4.22. The number of hydrogen-bond donors (Lipinski definition) is 0. The number of hydrogen-bond acceptors (Lipinski definition) is 2. The van der Waals surface area contributed by atoms with E-state index >= 15 is 0 Å². The molecule has 0 atom stereocenters. The molecule has 0 saturated carbocycles. The molecule has 1 aromatic heterocycles. The molecule has 0 unspecified atom stereocenters. The van der Waals surface area contributed by atoms with Crippen LogP contribution in [-0.2, 0) is 0 Å². The standard InChI is InChI=1S/C11H7ClOS/c12-10-3-1-9(2-4-10)11-5-8(6-13)7-14-11/h1-7H. The summed E-state index contributed by atoms with van der Waals surface area (Å²) in [7, 11) is 0. The van der Waals surface area contributed by atoms with Gasteiger partial charge in [-0.2, -0.15) is 0 Å². The van der Waals surface area contributed by atoms with Gasteiger partial charge in [-0.3, -0.25) is 4.79 Å². The van der Waals surface area contributed by atoms with Crippen molar-refractivity contribution in [3.05, 3.63) is 46.3 Å². The minimum atomic E-state index is 0.722. The van der Waals surface area contributed by atoms with Crippen molar-refractivity contribution < 1.29 is 4.79 Å². The van der Waals surface area contributed by atoms with Crippen LogP contribution >= 0.6 is 22.9 Å². The number of carbonyl (C=O) groups excluding carboxylic acids is 1. The predicted octanol–water partition coefficient (Wildman–Crippen LogP) is 3.88. The van der Waals surface area contributed by atoms with Crippen molar-refractivity contribution in [1.82, 2.24) is 0 Å². The van der Waals surface area contributed by atoms with Gasteiger partial charge in [0, 0.05) is 20.8 Å². The molecule has 14 heavy (non-hydrogen) atoms. The zero-order valence-corrected chi connectivity index (χ0v) is 8.81. The van der Waals surface area contributed by atoms with Crippen LogP contribution in [0, 0.1) is 0 Å². The number of halogens is 1. The second kappa shape index (κ2) is 3.95. The zero-order valence-electron chi connectivity index (χ0n) is 7.24. The molecule has 0 saturated heterocycles. The minimum absolute atomic E-state index is 0.722. The fourth-order valence-corrected chi connectivity index (χ4v) is 2.17. The Bertz CT molecular complexity index is 445. The first-order valence-corrected chi connectivity index (χ1v) is 5.35. The molecule has 0 N–H and O–H groups in total. The summed E-state index contributed by atoms with van der Waals surface area (Å²) in [5.74, 6) is 0. The highest BCUT2D eigenvalue weighted by molar-refractivity contribution is 7.13. The maximum Gasteiger partial charge on any atom is 0.150 e. The summed E-state index contributed by atoms with van der Waals surface area (Å²) in [4.78, 5) is 11.6. The third-order valence-corrected chi connectivity index (χ3v) is 3.13. The molecule has 0 radical (unpaired) electrons. The normalized spacial score (nSPS) is 10.1. The van der Waals surface area contributed by atoms with E-state index in [2.05, 4.69) is 0 Å². The van der Waals surface area contributed by atoms with Crippen molar-refractivity contribution in [1.29, 1.82) is 0 Å². The molecular weight excluding hydrogens is 216 g/mol. The first kappa shape index (κ1) is 9.44. The van der Waals surface area contributed by atoms with E-state index in [4.69, 9.17) is 11.6 Å². The summed E-state index contributed by atoms with van der Waals surface area (Å²) < 4.78 is 0. The average Bonchev–Trinajstić information content (AvgIpc) is 2.67. The summed E-state index contributed by atoms with van der Waals surface area (Å²) in [5.41, 5.74) is 1.81. The van der Waals surface area contributed by atoms with Gasteiger partial charge in [-0.15, -0.1) is 11.3 Å². The maximum atomic E-state index is 10.5. The third kappa shape index (κ3) is 1.86. The molecule has 0 bridgehead atoms. The summed E-state index contributed by atoms with van der Waals surface area (Å²) in [5, 5.41) is 2.57. The summed E-state index contributed by atoms with van der Waals surface area (Å²) in [6.45, 7) is 0. The van der Waals surface area contributed by atoms with E-state index in [9.17, 15) is 4.79 Å². The Morgan fingerprint density at radius 2 is 1.93 bits per heavy atom. The molecule has 1 aromatic carbocycles. The van der Waals surface area contributed by atoms with Crippen LogP contribution in [0.5, 0.6) is 0 Å². The molecule has 1 heterocycles. The Balaban J connectivity index is 2.39. The van der Waals surface area contributed by atoms with Gasteiger partial charge in [0.05, 0.1) is 0 Å². The molecule has 0 spiro atoms. The summed E-state index contributed by atoms with van der Waals surface area (Å²) in [6, 6.07) is 9.46. The van der Waals surface area contributed by atoms with Gasteiger partial charge >= 0.3 is 0 Å². The predicted molar refractivity (Wildman–Crippen MR) is 60.2 cm³/mol. The molecule has 0 aliphatic rings. The number of rotatable bonds is 2. The quantitative estimate of drug-likeness (QED) is 0.705. The lowest BCUT2D eigenvalue weighted by atomic mass is 10.2. The van der Waals surface area contributed by atoms with Gasteiger partial charge in [-0.05, 0) is 23.8 Å². The Kier molecular flexibility index (Phi) is 2.66. The van der Waals surface area contributed by atoms with E-state index in [1.807, 2.05) is 35.7 Å². The van der Waals surface area contributed by atoms with Gasteiger partial charge in [0.15, 0.2) is 6.29 Å². The first-order valence-electron chi connectivity index (χ1n) is 4.09. The Hall–Kier alpha value is -1.12. The average molecular weight is 223 g/mol. The molecule has 70 valence electrons. The van der Waals surface area contributed by atoms with Crippen molar-refractivity contribution in [2.75, 3.05) is 0 Å². The fourth-order valence-electron chi connectivity index (χ4n) is 1.18. The Labute approximate surface area is 91.0 Å². The van der Waals surface area contributed by atoms with E-state index in [-0.39, 0.29) is 0 Å². The number of carbonyl (C=O) groups is 1. The smallest absolute Gasteiger partial charge is 0.150 e. The fraction of sp³-hybridized carbons (Fsp3) is 0. The van der Waals surface area contributed by atoms with Crippen molar-refractivity contribution in [2.45, 2.75) is 0 Å². The highest BCUT2D eigenvalue weighted by Gasteiger charge is 2.01. The SMILES string of the molecule is O=Cc1csc(-c2ccc(Cl)cc2)c1. The molecule has 0 amide bonds. The minimum Gasteiger partial charge on any atom is -0.298 e. The van der Waals surface area contributed by atoms with Crippen LogP contribution in [0.4, 0.5) is 0 Å². The van der Waals surface area contributed by atoms with Crippen molar-refractivity contribution in [3.63, 3.8) is 0 Å². The molecule has 1 nitrogen and oxygen atoms in total. The van der Waals surface area contributed by atoms with Crippen LogP contribution in [0.3, 0.4) is 0 Å². The number of aldehydes is 1. The van der Waals surface area contributed by atoms with Crippen LogP contribution in [0.25, 0.3) is 10.4 Å². The van der Waals surface area contributed by atoms with E-state index in [0.717, 1.165) is 27.3 Å². The molecule has 0 aliphatic heterocycles. The largest absolute Gasteiger partial charge is 0.298 e. The van der Waals surface area contributed by atoms with Gasteiger partial charge in [0.25, 0.3) is 0 Å². The Morgan fingerprint density at radius 1 is 1.21 bits per heavy atom. The van der Waals surface area contributed by atoms with Gasteiger partial charge < -0.3 is 0 Å². The number of benzene rings is 1. The molecule has 2 aromatic rings. The molecule has 2 rings (SSSR count). The van der Waals surface area contributed by atoms with E-state index < -0.39 is 0 Å². The lowest BCUT2D eigenvalue weighted by Crippen LogP contribution is -1.72. The molecular formula is C11H7ClOS. The molecule has 0 aliphatic carbocycles. The monoisotopic (exact) mass is 222 g/mol.